The Balaban J connectivity index is 2.52. The molecular weight excluding hydrogens is 359 g/mol. The molecule has 0 saturated heterocycles. The summed E-state index contributed by atoms with van der Waals surface area (Å²) in [4.78, 5) is 0. The summed E-state index contributed by atoms with van der Waals surface area (Å²) in [5.41, 5.74) is 1.44. The maximum absolute atomic E-state index is 9.75. The van der Waals surface area contributed by atoms with Gasteiger partial charge in [-0.2, -0.15) is 10.5 Å². The smallest absolute Gasteiger partial charge is 0.160 e. The largest absolute Gasteiger partial charge is 0.493 e. The van der Waals surface area contributed by atoms with Gasteiger partial charge in [0.2, 0.25) is 0 Å². The summed E-state index contributed by atoms with van der Waals surface area (Å²) in [6, 6.07) is 14.8. The van der Waals surface area contributed by atoms with Crippen molar-refractivity contribution in [2.75, 3.05) is 14.2 Å². The summed E-state index contributed by atoms with van der Waals surface area (Å²) in [7, 11) is 3.09. The number of hydrogen-bond acceptors (Lipinski definition) is 4. The topological polar surface area (TPSA) is 66.0 Å². The third kappa shape index (κ3) is 4.17. The number of nitriles is 2. The van der Waals surface area contributed by atoms with Gasteiger partial charge >= 0.3 is 0 Å². The lowest BCUT2D eigenvalue weighted by molar-refractivity contribution is 0.354. The lowest BCUT2D eigenvalue weighted by Crippen LogP contribution is -2.11. The fourth-order valence-electron chi connectivity index (χ4n) is 2.74. The van der Waals surface area contributed by atoms with Gasteiger partial charge in [0.1, 0.15) is 0 Å². The minimum atomic E-state index is -0.595. The van der Waals surface area contributed by atoms with Crippen molar-refractivity contribution in [2.24, 2.45) is 0 Å². The minimum absolute atomic E-state index is 0.159. The zero-order valence-corrected chi connectivity index (χ0v) is 15.3. The standard InChI is InChI=1S/C19H16Cl2N2O2/c1-24-18-6-3-12(9-19(18)25-2)14(7-8-22)16(11-23)15-5-4-13(20)10-17(15)21/h3-6,9-10,14,16H,7H2,1-2H3/t14-,16-/m1/s1. The van der Waals surface area contributed by atoms with E-state index < -0.39 is 5.92 Å². The fourth-order valence-corrected chi connectivity index (χ4v) is 3.27. The van der Waals surface area contributed by atoms with Crippen LogP contribution >= 0.6 is 23.2 Å². The van der Waals surface area contributed by atoms with E-state index in [1.165, 1.54) is 0 Å². The van der Waals surface area contributed by atoms with Crippen LogP contribution in [0, 0.1) is 22.7 Å². The van der Waals surface area contributed by atoms with Gasteiger partial charge in [-0.05, 0) is 35.4 Å². The van der Waals surface area contributed by atoms with Crippen LogP contribution in [0.15, 0.2) is 36.4 Å². The Hall–Kier alpha value is -2.40. The van der Waals surface area contributed by atoms with Crippen molar-refractivity contribution in [3.05, 3.63) is 57.6 Å². The highest BCUT2D eigenvalue weighted by atomic mass is 35.5. The molecule has 4 nitrogen and oxygen atoms in total. The second kappa shape index (κ2) is 8.62. The molecule has 0 N–H and O–H groups in total. The quantitative estimate of drug-likeness (QED) is 0.686. The molecule has 25 heavy (non-hydrogen) atoms. The van der Waals surface area contributed by atoms with Crippen LogP contribution in [-0.2, 0) is 0 Å². The molecule has 0 fully saturated rings. The van der Waals surface area contributed by atoms with E-state index in [1.54, 1.807) is 44.6 Å². The Morgan fingerprint density at radius 3 is 2.28 bits per heavy atom. The van der Waals surface area contributed by atoms with Gasteiger partial charge in [-0.25, -0.2) is 0 Å². The molecule has 0 radical (unpaired) electrons. The van der Waals surface area contributed by atoms with Gasteiger partial charge in [-0.15, -0.1) is 0 Å². The van der Waals surface area contributed by atoms with Crippen molar-refractivity contribution in [3.63, 3.8) is 0 Å². The molecule has 0 aromatic heterocycles. The van der Waals surface area contributed by atoms with Crippen LogP contribution in [0.5, 0.6) is 11.5 Å². The molecule has 2 aromatic rings. The number of benzene rings is 2. The third-order valence-electron chi connectivity index (χ3n) is 3.99. The number of ether oxygens (including phenoxy) is 2. The Labute approximate surface area is 157 Å². The van der Waals surface area contributed by atoms with Crippen LogP contribution < -0.4 is 9.47 Å². The predicted octanol–water partition coefficient (Wildman–Crippen LogP) is 5.32. The molecular formula is C19H16Cl2N2O2. The van der Waals surface area contributed by atoms with Gasteiger partial charge in [0.05, 0.1) is 32.3 Å². The van der Waals surface area contributed by atoms with Gasteiger partial charge in [-0.3, -0.25) is 0 Å². The molecule has 2 rings (SSSR count). The lowest BCUT2D eigenvalue weighted by Gasteiger charge is -2.22. The molecule has 0 aliphatic carbocycles. The van der Waals surface area contributed by atoms with Gasteiger partial charge in [-0.1, -0.05) is 35.3 Å². The maximum Gasteiger partial charge on any atom is 0.160 e. The molecule has 0 saturated carbocycles. The zero-order valence-electron chi connectivity index (χ0n) is 13.8. The maximum atomic E-state index is 9.75. The highest BCUT2D eigenvalue weighted by Gasteiger charge is 2.27. The van der Waals surface area contributed by atoms with Crippen molar-refractivity contribution in [1.29, 1.82) is 10.5 Å². The fraction of sp³-hybridized carbons (Fsp3) is 0.263. The average molecular weight is 375 g/mol. The van der Waals surface area contributed by atoms with Crippen molar-refractivity contribution < 1.29 is 9.47 Å². The second-order valence-corrected chi connectivity index (χ2v) is 6.20. The van der Waals surface area contributed by atoms with Crippen LogP contribution in [0.3, 0.4) is 0 Å². The van der Waals surface area contributed by atoms with E-state index in [2.05, 4.69) is 12.1 Å². The second-order valence-electron chi connectivity index (χ2n) is 5.36. The summed E-state index contributed by atoms with van der Waals surface area (Å²) in [6.07, 6.45) is 0.159. The zero-order chi connectivity index (χ0) is 18.4. The van der Waals surface area contributed by atoms with Crippen molar-refractivity contribution in [2.45, 2.75) is 18.3 Å². The molecule has 0 heterocycles. The monoisotopic (exact) mass is 374 g/mol. The van der Waals surface area contributed by atoms with E-state index in [1.807, 2.05) is 6.07 Å². The number of hydrogen-bond donors (Lipinski definition) is 0. The van der Waals surface area contributed by atoms with E-state index in [4.69, 9.17) is 32.7 Å². The Morgan fingerprint density at radius 1 is 1.00 bits per heavy atom. The van der Waals surface area contributed by atoms with Crippen molar-refractivity contribution in [3.8, 4) is 23.6 Å². The number of nitrogens with zero attached hydrogens (tertiary/aromatic N) is 2. The van der Waals surface area contributed by atoms with E-state index in [-0.39, 0.29) is 12.3 Å². The van der Waals surface area contributed by atoms with Crippen LogP contribution in [0.25, 0.3) is 0 Å². The molecule has 0 aliphatic rings. The summed E-state index contributed by atoms with van der Waals surface area (Å²) >= 11 is 12.2. The molecule has 0 unspecified atom stereocenters. The van der Waals surface area contributed by atoms with Crippen LogP contribution in [0.4, 0.5) is 0 Å². The normalized spacial score (nSPS) is 12.6. The van der Waals surface area contributed by atoms with Gasteiger partial charge in [0.15, 0.2) is 11.5 Å². The van der Waals surface area contributed by atoms with Gasteiger partial charge < -0.3 is 9.47 Å². The third-order valence-corrected chi connectivity index (χ3v) is 4.55. The molecule has 0 aliphatic heterocycles. The molecule has 6 heteroatoms. The minimum Gasteiger partial charge on any atom is -0.493 e. The van der Waals surface area contributed by atoms with Crippen molar-refractivity contribution in [1.82, 2.24) is 0 Å². The molecule has 0 bridgehead atoms. The Morgan fingerprint density at radius 2 is 1.72 bits per heavy atom. The van der Waals surface area contributed by atoms with Crippen LogP contribution in [0.1, 0.15) is 29.4 Å². The first kappa shape index (κ1) is 18.9. The summed E-state index contributed by atoms with van der Waals surface area (Å²) in [5, 5.41) is 19.9. The Bertz CT molecular complexity index is 840. The average Bonchev–Trinajstić information content (AvgIpc) is 2.62. The van der Waals surface area contributed by atoms with Crippen LogP contribution in [-0.4, -0.2) is 14.2 Å². The van der Waals surface area contributed by atoms with E-state index in [0.717, 1.165) is 5.56 Å². The molecule has 128 valence electrons. The molecule has 2 atom stereocenters. The van der Waals surface area contributed by atoms with Gasteiger partial charge in [0, 0.05) is 22.4 Å². The number of methoxy groups -OCH3 is 2. The summed E-state index contributed by atoms with van der Waals surface area (Å²) < 4.78 is 10.6. The molecule has 0 amide bonds. The lowest BCUT2D eigenvalue weighted by atomic mass is 9.80. The summed E-state index contributed by atoms with van der Waals surface area (Å²) in [5.74, 6) is 0.165. The first-order valence-electron chi connectivity index (χ1n) is 7.49. The van der Waals surface area contributed by atoms with E-state index in [9.17, 15) is 10.5 Å². The predicted molar refractivity (Wildman–Crippen MR) is 97.3 cm³/mol. The van der Waals surface area contributed by atoms with E-state index >= 15 is 0 Å². The van der Waals surface area contributed by atoms with E-state index in [0.29, 0.717) is 27.1 Å². The number of halogens is 2. The van der Waals surface area contributed by atoms with Crippen molar-refractivity contribution >= 4 is 23.2 Å². The summed E-state index contributed by atoms with van der Waals surface area (Å²) in [6.45, 7) is 0. The number of rotatable bonds is 6. The highest BCUT2D eigenvalue weighted by Crippen LogP contribution is 2.41. The highest BCUT2D eigenvalue weighted by molar-refractivity contribution is 6.35. The van der Waals surface area contributed by atoms with Gasteiger partial charge in [0.25, 0.3) is 0 Å². The first-order chi connectivity index (χ1) is 12.0. The first-order valence-corrected chi connectivity index (χ1v) is 8.24. The molecule has 0 spiro atoms. The SMILES string of the molecule is COc1ccc([C@@H](CC#N)[C@@H](C#N)c2ccc(Cl)cc2Cl)cc1OC. The Kier molecular flexibility index (Phi) is 6.53. The molecule has 2 aromatic carbocycles. The van der Waals surface area contributed by atoms with Crippen LogP contribution in [0.2, 0.25) is 10.0 Å².